The lowest BCUT2D eigenvalue weighted by Gasteiger charge is -2.17. The lowest BCUT2D eigenvalue weighted by atomic mass is 10.1. The van der Waals surface area contributed by atoms with E-state index in [1.54, 1.807) is 0 Å². The Morgan fingerprint density at radius 1 is 0.850 bits per heavy atom. The third-order valence-electron chi connectivity index (χ3n) is 3.19. The van der Waals surface area contributed by atoms with Crippen molar-refractivity contribution in [3.8, 4) is 5.75 Å². The molecule has 0 radical (unpaired) electrons. The molecule has 0 heterocycles. The molecule has 106 valence electrons. The first kappa shape index (κ1) is 14.4. The molecule has 2 nitrogen and oxygen atoms in total. The van der Waals surface area contributed by atoms with E-state index in [1.807, 2.05) is 26.0 Å². The summed E-state index contributed by atoms with van der Waals surface area (Å²) in [7, 11) is 0. The van der Waals surface area contributed by atoms with Gasteiger partial charge in [0.1, 0.15) is 5.75 Å². The zero-order valence-electron chi connectivity index (χ0n) is 12.7. The van der Waals surface area contributed by atoms with Crippen LogP contribution in [0, 0.1) is 6.92 Å². The van der Waals surface area contributed by atoms with Crippen LogP contribution in [0.1, 0.15) is 37.9 Å². The number of ether oxygens (including phenoxy) is 1. The maximum Gasteiger partial charge on any atom is 0.119 e. The van der Waals surface area contributed by atoms with E-state index in [9.17, 15) is 0 Å². The van der Waals surface area contributed by atoms with Gasteiger partial charge in [0.25, 0.3) is 0 Å². The van der Waals surface area contributed by atoms with E-state index in [0.29, 0.717) is 0 Å². The fraction of sp³-hybridized carbons (Fsp3) is 0.333. The monoisotopic (exact) mass is 269 g/mol. The normalized spacial score (nSPS) is 12.2. The quantitative estimate of drug-likeness (QED) is 0.828. The molecule has 0 amide bonds. The van der Waals surface area contributed by atoms with Gasteiger partial charge in [0.05, 0.1) is 6.10 Å². The van der Waals surface area contributed by atoms with Gasteiger partial charge in [-0.1, -0.05) is 29.8 Å². The third kappa shape index (κ3) is 4.02. The molecule has 0 bridgehead atoms. The van der Waals surface area contributed by atoms with Crippen LogP contribution in [-0.2, 0) is 0 Å². The van der Waals surface area contributed by atoms with E-state index < -0.39 is 0 Å². The summed E-state index contributed by atoms with van der Waals surface area (Å²) >= 11 is 0. The van der Waals surface area contributed by atoms with E-state index in [0.717, 1.165) is 11.4 Å². The summed E-state index contributed by atoms with van der Waals surface area (Å²) in [5, 5.41) is 3.50. The van der Waals surface area contributed by atoms with Crippen molar-refractivity contribution in [3.63, 3.8) is 0 Å². The third-order valence-corrected chi connectivity index (χ3v) is 3.19. The Hall–Kier alpha value is -1.96. The van der Waals surface area contributed by atoms with E-state index in [1.165, 1.54) is 11.1 Å². The number of nitrogens with one attached hydrogen (secondary N) is 1. The molecule has 0 aliphatic rings. The van der Waals surface area contributed by atoms with E-state index in [4.69, 9.17) is 4.74 Å². The summed E-state index contributed by atoms with van der Waals surface area (Å²) in [5.74, 6) is 0.911. The number of anilines is 1. The van der Waals surface area contributed by atoms with Crippen LogP contribution in [0.5, 0.6) is 5.75 Å². The zero-order chi connectivity index (χ0) is 14.5. The van der Waals surface area contributed by atoms with Gasteiger partial charge >= 0.3 is 0 Å². The molecule has 1 N–H and O–H groups in total. The van der Waals surface area contributed by atoms with Crippen molar-refractivity contribution in [2.24, 2.45) is 0 Å². The van der Waals surface area contributed by atoms with E-state index in [-0.39, 0.29) is 12.1 Å². The van der Waals surface area contributed by atoms with Crippen LogP contribution in [0.15, 0.2) is 48.5 Å². The molecule has 0 fully saturated rings. The van der Waals surface area contributed by atoms with Gasteiger partial charge in [-0.15, -0.1) is 0 Å². The van der Waals surface area contributed by atoms with Crippen LogP contribution in [0.25, 0.3) is 0 Å². The first-order valence-corrected chi connectivity index (χ1v) is 7.14. The van der Waals surface area contributed by atoms with Crippen LogP contribution in [-0.4, -0.2) is 6.10 Å². The maximum atomic E-state index is 5.64. The van der Waals surface area contributed by atoms with Gasteiger partial charge < -0.3 is 10.1 Å². The SMILES string of the molecule is Cc1ccc(C(C)Nc2ccc(OC(C)C)cc2)cc1. The second-order valence-electron chi connectivity index (χ2n) is 5.47. The molecule has 0 saturated heterocycles. The smallest absolute Gasteiger partial charge is 0.119 e. The van der Waals surface area contributed by atoms with Gasteiger partial charge in [-0.25, -0.2) is 0 Å². The number of aryl methyl sites for hydroxylation is 1. The first-order valence-electron chi connectivity index (χ1n) is 7.14. The fourth-order valence-electron chi connectivity index (χ4n) is 2.09. The average Bonchev–Trinajstić information content (AvgIpc) is 2.41. The summed E-state index contributed by atoms with van der Waals surface area (Å²) < 4.78 is 5.64. The van der Waals surface area contributed by atoms with Crippen molar-refractivity contribution in [3.05, 3.63) is 59.7 Å². The Labute approximate surface area is 121 Å². The molecule has 0 aliphatic carbocycles. The molecule has 2 heteroatoms. The number of rotatable bonds is 5. The Balaban J connectivity index is 2.00. The number of hydrogen-bond donors (Lipinski definition) is 1. The van der Waals surface area contributed by atoms with Crippen molar-refractivity contribution >= 4 is 5.69 Å². The molecular weight excluding hydrogens is 246 g/mol. The molecule has 1 unspecified atom stereocenters. The standard InChI is InChI=1S/C18H23NO/c1-13(2)20-18-11-9-17(10-12-18)19-15(4)16-7-5-14(3)6-8-16/h5-13,15,19H,1-4H3. The minimum absolute atomic E-state index is 0.209. The highest BCUT2D eigenvalue weighted by Gasteiger charge is 2.05. The van der Waals surface area contributed by atoms with Crippen LogP contribution in [0.4, 0.5) is 5.69 Å². The van der Waals surface area contributed by atoms with Crippen LogP contribution >= 0.6 is 0 Å². The number of benzene rings is 2. The maximum absolute atomic E-state index is 5.64. The lowest BCUT2D eigenvalue weighted by molar-refractivity contribution is 0.242. The summed E-state index contributed by atoms with van der Waals surface area (Å²) in [6.07, 6.45) is 0.209. The molecule has 20 heavy (non-hydrogen) atoms. The van der Waals surface area contributed by atoms with Gasteiger partial charge in [0.15, 0.2) is 0 Å². The fourth-order valence-corrected chi connectivity index (χ4v) is 2.09. The molecule has 0 aromatic heterocycles. The molecular formula is C18H23NO. The van der Waals surface area contributed by atoms with Gasteiger partial charge in [-0.2, -0.15) is 0 Å². The summed E-state index contributed by atoms with van der Waals surface area (Å²) in [5.41, 5.74) is 3.68. The minimum atomic E-state index is 0.209. The number of hydrogen-bond acceptors (Lipinski definition) is 2. The molecule has 2 rings (SSSR count). The van der Waals surface area contributed by atoms with Gasteiger partial charge in [-0.05, 0) is 57.5 Å². The highest BCUT2D eigenvalue weighted by atomic mass is 16.5. The second-order valence-corrected chi connectivity index (χ2v) is 5.47. The Morgan fingerprint density at radius 2 is 1.45 bits per heavy atom. The topological polar surface area (TPSA) is 21.3 Å². The van der Waals surface area contributed by atoms with Crippen LogP contribution in [0.2, 0.25) is 0 Å². The Bertz CT molecular complexity index is 528. The molecule has 2 aromatic rings. The van der Waals surface area contributed by atoms with Crippen molar-refractivity contribution in [2.45, 2.75) is 39.8 Å². The van der Waals surface area contributed by atoms with Crippen molar-refractivity contribution in [2.75, 3.05) is 5.32 Å². The zero-order valence-corrected chi connectivity index (χ0v) is 12.7. The highest BCUT2D eigenvalue weighted by Crippen LogP contribution is 2.22. The molecule has 0 aliphatic heterocycles. The predicted octanol–water partition coefficient (Wildman–Crippen LogP) is 4.96. The highest BCUT2D eigenvalue weighted by molar-refractivity contribution is 5.48. The molecule has 1 atom stereocenters. The van der Waals surface area contributed by atoms with Crippen molar-refractivity contribution in [1.29, 1.82) is 0 Å². The molecule has 2 aromatic carbocycles. The first-order chi connectivity index (χ1) is 9.54. The summed E-state index contributed by atoms with van der Waals surface area (Å²) in [6.45, 7) is 8.34. The lowest BCUT2D eigenvalue weighted by Crippen LogP contribution is -2.07. The van der Waals surface area contributed by atoms with Crippen molar-refractivity contribution in [1.82, 2.24) is 0 Å². The molecule has 0 spiro atoms. The largest absolute Gasteiger partial charge is 0.491 e. The van der Waals surface area contributed by atoms with Crippen molar-refractivity contribution < 1.29 is 4.74 Å². The minimum Gasteiger partial charge on any atom is -0.491 e. The van der Waals surface area contributed by atoms with Crippen LogP contribution in [0.3, 0.4) is 0 Å². The average molecular weight is 269 g/mol. The predicted molar refractivity (Wildman–Crippen MR) is 85.4 cm³/mol. The van der Waals surface area contributed by atoms with E-state index >= 15 is 0 Å². The van der Waals surface area contributed by atoms with Crippen LogP contribution < -0.4 is 10.1 Å². The Morgan fingerprint density at radius 3 is 2.00 bits per heavy atom. The van der Waals surface area contributed by atoms with Gasteiger partial charge in [0, 0.05) is 11.7 Å². The molecule has 0 saturated carbocycles. The summed E-state index contributed by atoms with van der Waals surface area (Å²) in [4.78, 5) is 0. The van der Waals surface area contributed by atoms with Gasteiger partial charge in [0.2, 0.25) is 0 Å². The van der Waals surface area contributed by atoms with Gasteiger partial charge in [-0.3, -0.25) is 0 Å². The Kier molecular flexibility index (Phi) is 4.67. The van der Waals surface area contributed by atoms with E-state index in [2.05, 4.69) is 55.6 Å². The second kappa shape index (κ2) is 6.47. The summed E-state index contributed by atoms with van der Waals surface area (Å²) in [6, 6.07) is 17.0.